The minimum Gasteiger partial charge on any atom is -0.504 e. The summed E-state index contributed by atoms with van der Waals surface area (Å²) in [6.07, 6.45) is 23.2. The van der Waals surface area contributed by atoms with E-state index in [1.165, 1.54) is 103 Å². The van der Waals surface area contributed by atoms with Crippen LogP contribution < -0.4 is 0 Å². The summed E-state index contributed by atoms with van der Waals surface area (Å²) < 4.78 is 0. The number of hydrogen-bond donors (Lipinski definition) is 6. The SMILES string of the molecule is CCCCCCCCCCCCCCCC(=O)C(O)(C(=O)CCCCCCCCCCCCCCC)C(O)C(O)C(=O)c1cc(O)c(O)c(O)c1. The Morgan fingerprint density at radius 3 is 1.08 bits per heavy atom. The highest BCUT2D eigenvalue weighted by molar-refractivity contribution is 6.12. The van der Waals surface area contributed by atoms with Crippen molar-refractivity contribution in [3.8, 4) is 17.2 Å². The normalized spacial score (nSPS) is 13.0. The number of unbranched alkanes of at least 4 members (excludes halogenated alkanes) is 24. The second-order valence-electron chi connectivity index (χ2n) is 14.7. The number of aliphatic hydroxyl groups excluding tert-OH is 2. The number of phenolic OH excluding ortho intramolecular Hbond substituents is 3. The number of Topliss-reactive ketones (excluding diaryl/α,β-unsaturated/α-hetero) is 3. The van der Waals surface area contributed by atoms with E-state index in [1.54, 1.807) is 0 Å². The molecule has 0 aromatic heterocycles. The van der Waals surface area contributed by atoms with Gasteiger partial charge in [-0.2, -0.15) is 0 Å². The monoisotopic (exact) mass is 721 g/mol. The van der Waals surface area contributed by atoms with Crippen LogP contribution in [0.1, 0.15) is 204 Å². The summed E-state index contributed by atoms with van der Waals surface area (Å²) in [6.45, 7) is 4.44. The minimum atomic E-state index is -3.00. The van der Waals surface area contributed by atoms with Crippen LogP contribution in [0.3, 0.4) is 0 Å². The predicted octanol–water partition coefficient (Wildman–Crippen LogP) is 9.54. The quantitative estimate of drug-likeness (QED) is 0.0175. The molecule has 51 heavy (non-hydrogen) atoms. The summed E-state index contributed by atoms with van der Waals surface area (Å²) >= 11 is 0. The van der Waals surface area contributed by atoms with Crippen LogP contribution in [0.5, 0.6) is 17.2 Å². The number of carbonyl (C=O) groups excluding carboxylic acids is 3. The lowest BCUT2D eigenvalue weighted by Crippen LogP contribution is -2.61. The van der Waals surface area contributed by atoms with Gasteiger partial charge in [-0.05, 0) is 25.0 Å². The maximum Gasteiger partial charge on any atom is 0.210 e. The standard InChI is InChI=1S/C42H72O9/c1-3-5-7-9-11-13-15-17-19-21-23-25-27-29-36(45)42(51,41(50)40(49)38(47)33-31-34(43)39(48)35(44)32-33)37(46)30-28-26-24-22-20-18-16-14-12-10-8-6-4-2/h31-32,40-41,43-44,48-51H,3-30H2,1-2H3. The third-order valence-electron chi connectivity index (χ3n) is 10.2. The summed E-state index contributed by atoms with van der Waals surface area (Å²) in [6, 6.07) is 1.55. The third kappa shape index (κ3) is 18.2. The van der Waals surface area contributed by atoms with E-state index < -0.39 is 58.0 Å². The van der Waals surface area contributed by atoms with Crippen LogP contribution in [0, 0.1) is 0 Å². The Labute approximate surface area is 308 Å². The Morgan fingerprint density at radius 2 is 0.784 bits per heavy atom. The molecule has 294 valence electrons. The van der Waals surface area contributed by atoms with Gasteiger partial charge in [0.1, 0.15) is 12.2 Å². The number of phenols is 3. The number of benzene rings is 1. The predicted molar refractivity (Wildman–Crippen MR) is 203 cm³/mol. The molecule has 9 heteroatoms. The first-order valence-corrected chi connectivity index (χ1v) is 20.5. The molecule has 6 N–H and O–H groups in total. The smallest absolute Gasteiger partial charge is 0.210 e. The van der Waals surface area contributed by atoms with E-state index in [0.717, 1.165) is 50.7 Å². The topological polar surface area (TPSA) is 173 Å². The van der Waals surface area contributed by atoms with Crippen molar-refractivity contribution in [2.75, 3.05) is 0 Å². The molecule has 9 nitrogen and oxygen atoms in total. The van der Waals surface area contributed by atoms with Crippen molar-refractivity contribution in [2.24, 2.45) is 0 Å². The number of ketones is 3. The van der Waals surface area contributed by atoms with Gasteiger partial charge < -0.3 is 30.6 Å². The molecular formula is C42H72O9. The Balaban J connectivity index is 2.67. The van der Waals surface area contributed by atoms with Gasteiger partial charge in [0.25, 0.3) is 0 Å². The second kappa shape index (κ2) is 28.1. The third-order valence-corrected chi connectivity index (χ3v) is 10.2. The summed E-state index contributed by atoms with van der Waals surface area (Å²) in [5.74, 6) is -5.69. The highest BCUT2D eigenvalue weighted by Crippen LogP contribution is 2.36. The van der Waals surface area contributed by atoms with E-state index in [4.69, 9.17) is 0 Å². The lowest BCUT2D eigenvalue weighted by molar-refractivity contribution is -0.170. The van der Waals surface area contributed by atoms with Crippen LogP contribution in [0.25, 0.3) is 0 Å². The van der Waals surface area contributed by atoms with Crippen molar-refractivity contribution < 1.29 is 45.0 Å². The van der Waals surface area contributed by atoms with Crippen LogP contribution in [0.4, 0.5) is 0 Å². The van der Waals surface area contributed by atoms with Gasteiger partial charge in [0, 0.05) is 18.4 Å². The second-order valence-corrected chi connectivity index (χ2v) is 14.7. The molecule has 2 atom stereocenters. The summed E-state index contributed by atoms with van der Waals surface area (Å²) in [5, 5.41) is 62.7. The highest BCUT2D eigenvalue weighted by Gasteiger charge is 2.52. The molecule has 0 bridgehead atoms. The Kier molecular flexibility index (Phi) is 25.6. The number of rotatable bonds is 34. The molecule has 0 spiro atoms. The molecule has 1 aromatic carbocycles. The highest BCUT2D eigenvalue weighted by atomic mass is 16.4. The molecule has 1 aromatic rings. The van der Waals surface area contributed by atoms with E-state index in [2.05, 4.69) is 13.8 Å². The first kappa shape index (κ1) is 46.5. The first-order valence-electron chi connectivity index (χ1n) is 20.5. The van der Waals surface area contributed by atoms with E-state index in [9.17, 15) is 45.0 Å². The Morgan fingerprint density at radius 1 is 0.510 bits per heavy atom. The Hall–Kier alpha value is -2.49. The molecule has 0 saturated heterocycles. The van der Waals surface area contributed by atoms with Gasteiger partial charge in [-0.25, -0.2) is 0 Å². The zero-order valence-electron chi connectivity index (χ0n) is 32.0. The number of hydrogen-bond acceptors (Lipinski definition) is 9. The molecule has 0 heterocycles. The fourth-order valence-electron chi connectivity index (χ4n) is 6.76. The maximum absolute atomic E-state index is 13.4. The van der Waals surface area contributed by atoms with Crippen molar-refractivity contribution >= 4 is 17.3 Å². The van der Waals surface area contributed by atoms with Gasteiger partial charge in [-0.1, -0.05) is 168 Å². The number of carbonyl (C=O) groups is 3. The van der Waals surface area contributed by atoms with Gasteiger partial charge in [0.05, 0.1) is 0 Å². The molecule has 0 saturated carbocycles. The van der Waals surface area contributed by atoms with Crippen molar-refractivity contribution in [1.29, 1.82) is 0 Å². The molecule has 2 unspecified atom stereocenters. The van der Waals surface area contributed by atoms with Gasteiger partial charge >= 0.3 is 0 Å². The van der Waals surface area contributed by atoms with Gasteiger partial charge in [0.15, 0.2) is 34.6 Å². The molecule has 0 aliphatic carbocycles. The van der Waals surface area contributed by atoms with E-state index in [1.807, 2.05) is 0 Å². The van der Waals surface area contributed by atoms with Gasteiger partial charge in [-0.15, -0.1) is 0 Å². The lowest BCUT2D eigenvalue weighted by Gasteiger charge is -2.32. The average molecular weight is 721 g/mol. The van der Waals surface area contributed by atoms with Crippen LogP contribution >= 0.6 is 0 Å². The van der Waals surface area contributed by atoms with Crippen molar-refractivity contribution in [1.82, 2.24) is 0 Å². The fraction of sp³-hybridized carbons (Fsp3) is 0.786. The van der Waals surface area contributed by atoms with Crippen LogP contribution in [0.15, 0.2) is 12.1 Å². The summed E-state index contributed by atoms with van der Waals surface area (Å²) in [5.41, 5.74) is -3.48. The molecule has 1 rings (SSSR count). The van der Waals surface area contributed by atoms with Crippen LogP contribution in [-0.4, -0.2) is 65.8 Å². The van der Waals surface area contributed by atoms with Crippen molar-refractivity contribution in [3.63, 3.8) is 0 Å². The molecule has 0 amide bonds. The minimum absolute atomic E-state index is 0.197. The zero-order chi connectivity index (χ0) is 37.9. The molecular weight excluding hydrogens is 648 g/mol. The summed E-state index contributed by atoms with van der Waals surface area (Å²) in [7, 11) is 0. The largest absolute Gasteiger partial charge is 0.504 e. The average Bonchev–Trinajstić information content (AvgIpc) is 3.12. The molecule has 0 aliphatic heterocycles. The number of aliphatic hydroxyl groups is 3. The van der Waals surface area contributed by atoms with Crippen molar-refractivity contribution in [2.45, 2.75) is 211 Å². The van der Waals surface area contributed by atoms with E-state index in [-0.39, 0.29) is 12.8 Å². The summed E-state index contributed by atoms with van der Waals surface area (Å²) in [4.78, 5) is 39.9. The molecule has 0 fully saturated rings. The van der Waals surface area contributed by atoms with Gasteiger partial charge in [0.2, 0.25) is 5.60 Å². The number of aromatic hydroxyl groups is 3. The zero-order valence-corrected chi connectivity index (χ0v) is 32.0. The molecule has 0 aliphatic rings. The maximum atomic E-state index is 13.4. The lowest BCUT2D eigenvalue weighted by atomic mass is 9.79. The fourth-order valence-corrected chi connectivity index (χ4v) is 6.76. The van der Waals surface area contributed by atoms with Crippen LogP contribution in [-0.2, 0) is 9.59 Å². The van der Waals surface area contributed by atoms with Crippen LogP contribution in [0.2, 0.25) is 0 Å². The van der Waals surface area contributed by atoms with Gasteiger partial charge in [-0.3, -0.25) is 14.4 Å². The van der Waals surface area contributed by atoms with Crippen molar-refractivity contribution in [3.05, 3.63) is 17.7 Å². The van der Waals surface area contributed by atoms with E-state index >= 15 is 0 Å². The first-order chi connectivity index (χ1) is 24.5. The van der Waals surface area contributed by atoms with E-state index in [0.29, 0.717) is 25.7 Å². The molecule has 0 radical (unpaired) electrons. The Bertz CT molecular complexity index is 1040.